The van der Waals surface area contributed by atoms with Crippen LogP contribution in [0, 0.1) is 0 Å². The molecular formula is C18H38N2O2Si. The van der Waals surface area contributed by atoms with Gasteiger partial charge in [0.25, 0.3) is 0 Å². The molecule has 23 heavy (non-hydrogen) atoms. The zero-order chi connectivity index (χ0) is 17.5. The number of methoxy groups -OCH3 is 1. The van der Waals surface area contributed by atoms with Gasteiger partial charge in [-0.15, -0.1) is 0 Å². The smallest absolute Gasteiger partial charge is 0.195 e. The number of hydrogen-bond donors (Lipinski definition) is 0. The summed E-state index contributed by atoms with van der Waals surface area (Å²) in [6.45, 7) is 15.4. The number of rotatable bonds is 10. The lowest BCUT2D eigenvalue weighted by Crippen LogP contribution is -2.43. The third kappa shape index (κ3) is 6.20. The Hall–Kier alpha value is -0.393. The summed E-state index contributed by atoms with van der Waals surface area (Å²) in [5, 5.41) is 7.42. The molecule has 0 N–H and O–H groups in total. The minimum absolute atomic E-state index is 0.293. The highest BCUT2D eigenvalue weighted by Gasteiger charge is 2.37. The van der Waals surface area contributed by atoms with E-state index < -0.39 is 8.32 Å². The second-order valence-electron chi connectivity index (χ2n) is 7.49. The molecule has 1 aliphatic rings. The molecule has 0 unspecified atom stereocenters. The van der Waals surface area contributed by atoms with Crippen LogP contribution in [-0.2, 0) is 9.16 Å². The number of hydrazone groups is 1. The van der Waals surface area contributed by atoms with Crippen molar-refractivity contribution in [1.29, 1.82) is 0 Å². The Labute approximate surface area is 144 Å². The third-order valence-electron chi connectivity index (χ3n) is 4.66. The summed E-state index contributed by atoms with van der Waals surface area (Å²) in [6.07, 6.45) is 6.04. The summed E-state index contributed by atoms with van der Waals surface area (Å²) in [6, 6.07) is 0.445. The molecule has 2 atom stereocenters. The SMILES string of the molecule is CCC/C(=N\N1CCC[C@H]1COC)[C@@H](CC)[Si](C)(C)OC(C)C. The monoisotopic (exact) mass is 342 g/mol. The van der Waals surface area contributed by atoms with Crippen LogP contribution in [0.15, 0.2) is 5.10 Å². The zero-order valence-electron chi connectivity index (χ0n) is 16.4. The van der Waals surface area contributed by atoms with Gasteiger partial charge in [-0.05, 0) is 52.6 Å². The van der Waals surface area contributed by atoms with E-state index in [2.05, 4.69) is 45.8 Å². The number of nitrogens with zero attached hydrogens (tertiary/aromatic N) is 2. The van der Waals surface area contributed by atoms with Crippen molar-refractivity contribution in [3.63, 3.8) is 0 Å². The average molecular weight is 343 g/mol. The van der Waals surface area contributed by atoms with Crippen molar-refractivity contribution in [1.82, 2.24) is 5.01 Å². The minimum Gasteiger partial charge on any atom is -0.414 e. The van der Waals surface area contributed by atoms with Crippen LogP contribution in [0.2, 0.25) is 18.6 Å². The quantitative estimate of drug-likeness (QED) is 0.427. The molecule has 0 bridgehead atoms. The topological polar surface area (TPSA) is 34.1 Å². The van der Waals surface area contributed by atoms with Crippen LogP contribution >= 0.6 is 0 Å². The molecule has 0 spiro atoms. The maximum atomic E-state index is 6.37. The van der Waals surface area contributed by atoms with E-state index in [4.69, 9.17) is 14.3 Å². The van der Waals surface area contributed by atoms with E-state index in [0.717, 1.165) is 32.4 Å². The molecule has 1 fully saturated rings. The van der Waals surface area contributed by atoms with Crippen molar-refractivity contribution in [2.75, 3.05) is 20.3 Å². The first kappa shape index (κ1) is 20.7. The summed E-state index contributed by atoms with van der Waals surface area (Å²) < 4.78 is 11.7. The van der Waals surface area contributed by atoms with Crippen molar-refractivity contribution in [2.45, 2.75) is 90.6 Å². The lowest BCUT2D eigenvalue weighted by molar-refractivity contribution is 0.117. The second-order valence-corrected chi connectivity index (χ2v) is 11.6. The van der Waals surface area contributed by atoms with Crippen LogP contribution in [-0.4, -0.2) is 51.4 Å². The highest BCUT2D eigenvalue weighted by atomic mass is 28.4. The summed E-state index contributed by atoms with van der Waals surface area (Å²) in [4.78, 5) is 0. The fraction of sp³-hybridized carbons (Fsp3) is 0.944. The Morgan fingerprint density at radius 2 is 2.00 bits per heavy atom. The Balaban J connectivity index is 2.99. The third-order valence-corrected chi connectivity index (χ3v) is 8.16. The fourth-order valence-electron chi connectivity index (χ4n) is 3.85. The van der Waals surface area contributed by atoms with Crippen LogP contribution in [0.5, 0.6) is 0 Å². The predicted molar refractivity (Wildman–Crippen MR) is 102 cm³/mol. The van der Waals surface area contributed by atoms with E-state index >= 15 is 0 Å². The standard InChI is InChI=1S/C18H38N2O2Si/c1-8-11-17(18(9-2)23(6,7)22-15(3)4)19-20-13-10-12-16(20)14-21-5/h15-16,18H,8-14H2,1-7H3/b19-17+/t16-,18+/m0/s1. The van der Waals surface area contributed by atoms with E-state index in [-0.39, 0.29) is 0 Å². The van der Waals surface area contributed by atoms with Crippen molar-refractivity contribution in [3.05, 3.63) is 0 Å². The van der Waals surface area contributed by atoms with Crippen molar-refractivity contribution < 1.29 is 9.16 Å². The molecule has 0 aromatic carbocycles. The maximum absolute atomic E-state index is 6.37. The highest BCUT2D eigenvalue weighted by Crippen LogP contribution is 2.32. The van der Waals surface area contributed by atoms with E-state index in [9.17, 15) is 0 Å². The minimum atomic E-state index is -1.80. The lowest BCUT2D eigenvalue weighted by atomic mass is 10.1. The number of ether oxygens (including phenoxy) is 1. The van der Waals surface area contributed by atoms with Crippen LogP contribution in [0.1, 0.15) is 59.8 Å². The van der Waals surface area contributed by atoms with Gasteiger partial charge in [0.2, 0.25) is 0 Å². The van der Waals surface area contributed by atoms with E-state index in [1.807, 2.05) is 0 Å². The highest BCUT2D eigenvalue weighted by molar-refractivity contribution is 6.76. The molecule has 0 aromatic rings. The molecule has 1 aliphatic heterocycles. The first-order valence-corrected chi connectivity index (χ1v) is 12.3. The van der Waals surface area contributed by atoms with E-state index in [0.29, 0.717) is 17.7 Å². The van der Waals surface area contributed by atoms with Crippen LogP contribution < -0.4 is 0 Å². The van der Waals surface area contributed by atoms with Gasteiger partial charge in [0.15, 0.2) is 8.32 Å². The normalized spacial score (nSPS) is 21.3. The van der Waals surface area contributed by atoms with Gasteiger partial charge in [-0.25, -0.2) is 0 Å². The van der Waals surface area contributed by atoms with Gasteiger partial charge in [-0.2, -0.15) is 5.10 Å². The van der Waals surface area contributed by atoms with Gasteiger partial charge in [-0.3, -0.25) is 5.01 Å². The fourth-order valence-corrected chi connectivity index (χ4v) is 7.21. The molecule has 0 aliphatic carbocycles. The first-order valence-electron chi connectivity index (χ1n) is 9.36. The van der Waals surface area contributed by atoms with Crippen LogP contribution in [0.25, 0.3) is 0 Å². The molecule has 1 saturated heterocycles. The van der Waals surface area contributed by atoms with Crippen LogP contribution in [0.4, 0.5) is 0 Å². The molecule has 5 heteroatoms. The Morgan fingerprint density at radius 1 is 1.30 bits per heavy atom. The summed E-state index contributed by atoms with van der Waals surface area (Å²) in [5.41, 5.74) is 1.85. The zero-order valence-corrected chi connectivity index (χ0v) is 17.4. The van der Waals surface area contributed by atoms with E-state index in [1.54, 1.807) is 7.11 Å². The van der Waals surface area contributed by atoms with Gasteiger partial charge >= 0.3 is 0 Å². The largest absolute Gasteiger partial charge is 0.414 e. The van der Waals surface area contributed by atoms with Crippen LogP contribution in [0.3, 0.4) is 0 Å². The molecule has 0 radical (unpaired) electrons. The summed E-state index contributed by atoms with van der Waals surface area (Å²) >= 11 is 0. The van der Waals surface area contributed by atoms with Crippen molar-refractivity contribution in [2.24, 2.45) is 5.10 Å². The first-order chi connectivity index (χ1) is 10.9. The second kappa shape index (κ2) is 9.79. The summed E-state index contributed by atoms with van der Waals surface area (Å²) in [5.74, 6) is 0. The van der Waals surface area contributed by atoms with Gasteiger partial charge in [0.05, 0.1) is 12.6 Å². The van der Waals surface area contributed by atoms with E-state index in [1.165, 1.54) is 18.6 Å². The van der Waals surface area contributed by atoms with Gasteiger partial charge in [-0.1, -0.05) is 20.3 Å². The Morgan fingerprint density at radius 3 is 2.52 bits per heavy atom. The summed E-state index contributed by atoms with van der Waals surface area (Å²) in [7, 11) is -0.0111. The van der Waals surface area contributed by atoms with Crippen molar-refractivity contribution in [3.8, 4) is 0 Å². The molecule has 1 heterocycles. The maximum Gasteiger partial charge on any atom is 0.195 e. The lowest BCUT2D eigenvalue weighted by Gasteiger charge is -2.35. The molecule has 0 saturated carbocycles. The van der Waals surface area contributed by atoms with Gasteiger partial charge in [0, 0.05) is 31.0 Å². The van der Waals surface area contributed by atoms with Gasteiger partial charge < -0.3 is 9.16 Å². The van der Waals surface area contributed by atoms with Gasteiger partial charge in [0.1, 0.15) is 0 Å². The molecule has 1 rings (SSSR count). The Kier molecular flexibility index (Phi) is 8.79. The molecule has 0 amide bonds. The number of hydrogen-bond acceptors (Lipinski definition) is 4. The molecule has 0 aromatic heterocycles. The molecule has 4 nitrogen and oxygen atoms in total. The van der Waals surface area contributed by atoms with Crippen molar-refractivity contribution >= 4 is 14.0 Å². The predicted octanol–water partition coefficient (Wildman–Crippen LogP) is 4.66. The molecular weight excluding hydrogens is 304 g/mol. The average Bonchev–Trinajstić information content (AvgIpc) is 2.85. The Bertz CT molecular complexity index is 372. The molecule has 136 valence electrons.